The highest BCUT2D eigenvalue weighted by molar-refractivity contribution is 5.96. The molecule has 110 valence electrons. The van der Waals surface area contributed by atoms with Crippen molar-refractivity contribution in [3.05, 3.63) is 35.6 Å². The van der Waals surface area contributed by atoms with Gasteiger partial charge in [0, 0.05) is 25.6 Å². The Bertz CT molecular complexity index is 464. The number of hydrogen-bond acceptors (Lipinski definition) is 3. The van der Waals surface area contributed by atoms with Crippen LogP contribution in [-0.2, 0) is 0 Å². The summed E-state index contributed by atoms with van der Waals surface area (Å²) < 4.78 is 13.5. The molecular formula is C16H23FN2O. The van der Waals surface area contributed by atoms with Crippen molar-refractivity contribution < 1.29 is 9.18 Å². The van der Waals surface area contributed by atoms with E-state index in [1.807, 2.05) is 7.05 Å². The van der Waals surface area contributed by atoms with Gasteiger partial charge in [0.1, 0.15) is 5.82 Å². The summed E-state index contributed by atoms with van der Waals surface area (Å²) in [6, 6.07) is 6.79. The molecule has 0 aliphatic carbocycles. The lowest BCUT2D eigenvalue weighted by atomic mass is 10.1. The summed E-state index contributed by atoms with van der Waals surface area (Å²) in [4.78, 5) is 16.5. The number of carbonyl (C=O) groups excluding carboxylic acids is 1. The SMILES string of the molecule is CN(CCC(=O)c1ccccc1F)CC1CCCN1C. The fourth-order valence-corrected chi connectivity index (χ4v) is 2.78. The van der Waals surface area contributed by atoms with Gasteiger partial charge in [-0.05, 0) is 45.6 Å². The predicted molar refractivity (Wildman–Crippen MR) is 78.5 cm³/mol. The van der Waals surface area contributed by atoms with Crippen molar-refractivity contribution in [3.8, 4) is 0 Å². The Balaban J connectivity index is 1.80. The average molecular weight is 278 g/mol. The fourth-order valence-electron chi connectivity index (χ4n) is 2.78. The highest BCUT2D eigenvalue weighted by atomic mass is 19.1. The molecule has 1 unspecified atom stereocenters. The van der Waals surface area contributed by atoms with E-state index in [4.69, 9.17) is 0 Å². The minimum atomic E-state index is -0.421. The number of nitrogens with zero attached hydrogens (tertiary/aromatic N) is 2. The molecule has 1 saturated heterocycles. The number of halogens is 1. The number of carbonyl (C=O) groups is 1. The molecule has 1 aliphatic heterocycles. The van der Waals surface area contributed by atoms with Gasteiger partial charge in [-0.1, -0.05) is 12.1 Å². The molecule has 4 heteroatoms. The number of ketones is 1. The molecule has 1 atom stereocenters. The van der Waals surface area contributed by atoms with Crippen LogP contribution in [0.3, 0.4) is 0 Å². The first-order valence-corrected chi connectivity index (χ1v) is 7.24. The van der Waals surface area contributed by atoms with Gasteiger partial charge in [0.25, 0.3) is 0 Å². The van der Waals surface area contributed by atoms with Gasteiger partial charge in [-0.25, -0.2) is 4.39 Å². The Labute approximate surface area is 120 Å². The molecule has 0 saturated carbocycles. The third-order valence-electron chi connectivity index (χ3n) is 4.09. The van der Waals surface area contributed by atoms with Gasteiger partial charge >= 0.3 is 0 Å². The minimum absolute atomic E-state index is 0.116. The van der Waals surface area contributed by atoms with E-state index in [-0.39, 0.29) is 11.3 Å². The molecule has 1 aromatic rings. The third kappa shape index (κ3) is 3.87. The smallest absolute Gasteiger partial charge is 0.167 e. The van der Waals surface area contributed by atoms with E-state index in [9.17, 15) is 9.18 Å². The zero-order chi connectivity index (χ0) is 14.5. The van der Waals surface area contributed by atoms with E-state index in [0.29, 0.717) is 19.0 Å². The van der Waals surface area contributed by atoms with Crippen LogP contribution in [-0.4, -0.2) is 55.4 Å². The highest BCUT2D eigenvalue weighted by Gasteiger charge is 2.22. The molecule has 1 fully saturated rings. The van der Waals surface area contributed by atoms with Crippen molar-refractivity contribution in [1.82, 2.24) is 9.80 Å². The van der Waals surface area contributed by atoms with Crippen molar-refractivity contribution in [1.29, 1.82) is 0 Å². The Hall–Kier alpha value is -1.26. The Morgan fingerprint density at radius 3 is 2.85 bits per heavy atom. The quantitative estimate of drug-likeness (QED) is 0.747. The molecule has 0 bridgehead atoms. The van der Waals surface area contributed by atoms with Crippen molar-refractivity contribution in [2.24, 2.45) is 0 Å². The van der Waals surface area contributed by atoms with Crippen molar-refractivity contribution in [3.63, 3.8) is 0 Å². The molecular weight excluding hydrogens is 255 g/mol. The molecule has 0 radical (unpaired) electrons. The van der Waals surface area contributed by atoms with Crippen molar-refractivity contribution in [2.45, 2.75) is 25.3 Å². The van der Waals surface area contributed by atoms with Gasteiger partial charge in [-0.2, -0.15) is 0 Å². The fraction of sp³-hybridized carbons (Fsp3) is 0.562. The maximum absolute atomic E-state index is 13.5. The molecule has 0 aromatic heterocycles. The normalized spacial score (nSPS) is 19.7. The van der Waals surface area contributed by atoms with Gasteiger partial charge in [-0.3, -0.25) is 4.79 Å². The molecule has 1 aliphatic rings. The van der Waals surface area contributed by atoms with Crippen molar-refractivity contribution >= 4 is 5.78 Å². The van der Waals surface area contributed by atoms with Crippen LogP contribution in [0.25, 0.3) is 0 Å². The van der Waals surface area contributed by atoms with Gasteiger partial charge in [0.2, 0.25) is 0 Å². The molecule has 0 N–H and O–H groups in total. The minimum Gasteiger partial charge on any atom is -0.304 e. The van der Waals surface area contributed by atoms with E-state index in [0.717, 1.165) is 13.1 Å². The van der Waals surface area contributed by atoms with Crippen LogP contribution in [0.15, 0.2) is 24.3 Å². The first kappa shape index (κ1) is 15.1. The van der Waals surface area contributed by atoms with E-state index >= 15 is 0 Å². The molecule has 0 spiro atoms. The second-order valence-corrected chi connectivity index (χ2v) is 5.69. The summed E-state index contributed by atoms with van der Waals surface area (Å²) in [5.74, 6) is -0.537. The average Bonchev–Trinajstić information content (AvgIpc) is 2.82. The second kappa shape index (κ2) is 6.95. The predicted octanol–water partition coefficient (Wildman–Crippen LogP) is 2.42. The number of likely N-dealkylation sites (N-methyl/N-ethyl adjacent to an activating group) is 2. The van der Waals surface area contributed by atoms with Crippen LogP contribution >= 0.6 is 0 Å². The first-order chi connectivity index (χ1) is 9.58. The van der Waals surface area contributed by atoms with Crippen LogP contribution < -0.4 is 0 Å². The first-order valence-electron chi connectivity index (χ1n) is 7.24. The number of hydrogen-bond donors (Lipinski definition) is 0. The molecule has 1 aromatic carbocycles. The van der Waals surface area contributed by atoms with E-state index in [2.05, 4.69) is 16.8 Å². The highest BCUT2D eigenvalue weighted by Crippen LogP contribution is 2.16. The monoisotopic (exact) mass is 278 g/mol. The molecule has 3 nitrogen and oxygen atoms in total. The van der Waals surface area contributed by atoms with Crippen LogP contribution in [0.1, 0.15) is 29.6 Å². The largest absolute Gasteiger partial charge is 0.304 e. The topological polar surface area (TPSA) is 23.6 Å². The van der Waals surface area contributed by atoms with Crippen LogP contribution in [0.2, 0.25) is 0 Å². The van der Waals surface area contributed by atoms with E-state index < -0.39 is 5.82 Å². The zero-order valence-corrected chi connectivity index (χ0v) is 12.3. The Kier molecular flexibility index (Phi) is 5.26. The summed E-state index contributed by atoms with van der Waals surface area (Å²) >= 11 is 0. The number of benzene rings is 1. The lowest BCUT2D eigenvalue weighted by Gasteiger charge is -2.25. The van der Waals surface area contributed by atoms with E-state index in [1.54, 1.807) is 18.2 Å². The number of Topliss-reactive ketones (excluding diaryl/α,β-unsaturated/α-hetero) is 1. The van der Waals surface area contributed by atoms with Gasteiger partial charge in [-0.15, -0.1) is 0 Å². The maximum Gasteiger partial charge on any atom is 0.167 e. The second-order valence-electron chi connectivity index (χ2n) is 5.69. The summed E-state index contributed by atoms with van der Waals surface area (Å²) in [6.45, 7) is 2.81. The lowest BCUT2D eigenvalue weighted by molar-refractivity contribution is 0.0960. The summed E-state index contributed by atoms with van der Waals surface area (Å²) in [5, 5.41) is 0. The Morgan fingerprint density at radius 1 is 1.45 bits per heavy atom. The van der Waals surface area contributed by atoms with Gasteiger partial charge in [0.15, 0.2) is 5.78 Å². The molecule has 2 rings (SSSR count). The summed E-state index contributed by atoms with van der Waals surface area (Å²) in [6.07, 6.45) is 2.85. The van der Waals surface area contributed by atoms with E-state index in [1.165, 1.54) is 18.9 Å². The van der Waals surface area contributed by atoms with Crippen molar-refractivity contribution in [2.75, 3.05) is 33.7 Å². The molecule has 20 heavy (non-hydrogen) atoms. The van der Waals surface area contributed by atoms with Gasteiger partial charge in [0.05, 0.1) is 5.56 Å². The molecule has 0 amide bonds. The third-order valence-corrected chi connectivity index (χ3v) is 4.09. The van der Waals surface area contributed by atoms with Crippen LogP contribution in [0.4, 0.5) is 4.39 Å². The lowest BCUT2D eigenvalue weighted by Crippen LogP contribution is -2.37. The summed E-state index contributed by atoms with van der Waals surface area (Å²) in [7, 11) is 4.18. The van der Waals surface area contributed by atoms with Crippen LogP contribution in [0, 0.1) is 5.82 Å². The van der Waals surface area contributed by atoms with Crippen LogP contribution in [0.5, 0.6) is 0 Å². The summed E-state index contributed by atoms with van der Waals surface area (Å²) in [5.41, 5.74) is 0.207. The number of likely N-dealkylation sites (tertiary alicyclic amines) is 1. The standard InChI is InChI=1S/C16H23FN2O/c1-18(12-13-6-5-10-19(13)2)11-9-16(20)14-7-3-4-8-15(14)17/h3-4,7-8,13H,5-6,9-12H2,1-2H3. The molecule has 1 heterocycles. The zero-order valence-electron chi connectivity index (χ0n) is 12.3. The Morgan fingerprint density at radius 2 is 2.20 bits per heavy atom. The number of rotatable bonds is 6. The van der Waals surface area contributed by atoms with Gasteiger partial charge < -0.3 is 9.80 Å². The maximum atomic E-state index is 13.5.